The highest BCUT2D eigenvalue weighted by Crippen LogP contribution is 2.46. The van der Waals surface area contributed by atoms with Crippen molar-refractivity contribution >= 4 is 27.7 Å². The summed E-state index contributed by atoms with van der Waals surface area (Å²) < 4.78 is 57.6. The number of anilines is 1. The first-order chi connectivity index (χ1) is 20.4. The molecular formula is C31H25F2NO8S. The van der Waals surface area contributed by atoms with Crippen LogP contribution in [0.2, 0.25) is 0 Å². The lowest BCUT2D eigenvalue weighted by Crippen LogP contribution is -2.55. The highest BCUT2D eigenvalue weighted by Gasteiger charge is 2.48. The second-order valence-corrected chi connectivity index (χ2v) is 11.5. The van der Waals surface area contributed by atoms with Gasteiger partial charge < -0.3 is 24.4 Å². The molecule has 1 heterocycles. The fourth-order valence-electron chi connectivity index (χ4n) is 5.03. The average Bonchev–Trinajstić information content (AvgIpc) is 2.97. The van der Waals surface area contributed by atoms with Crippen LogP contribution < -0.4 is 9.08 Å². The van der Waals surface area contributed by atoms with Crippen molar-refractivity contribution in [2.24, 2.45) is 5.92 Å². The van der Waals surface area contributed by atoms with Gasteiger partial charge in [0.15, 0.2) is 0 Å². The second-order valence-electron chi connectivity index (χ2n) is 9.97. The van der Waals surface area contributed by atoms with Gasteiger partial charge in [0, 0.05) is 5.69 Å². The number of halogens is 2. The number of carboxylic acid groups (broad SMARTS) is 1. The number of aromatic hydroxyl groups is 1. The number of carboxylic acids is 1. The van der Waals surface area contributed by atoms with Gasteiger partial charge in [0.25, 0.3) is 0 Å². The van der Waals surface area contributed by atoms with Gasteiger partial charge in [0.05, 0.1) is 18.1 Å². The van der Waals surface area contributed by atoms with Gasteiger partial charge in [-0.25, -0.2) is 13.6 Å². The van der Waals surface area contributed by atoms with E-state index in [0.717, 1.165) is 18.2 Å². The van der Waals surface area contributed by atoms with Gasteiger partial charge in [-0.3, -0.25) is 4.79 Å². The monoisotopic (exact) mass is 609 g/mol. The number of rotatable bonds is 10. The molecule has 1 aliphatic heterocycles. The topological polar surface area (TPSA) is 141 Å². The number of hydrogen-bond donors (Lipinski definition) is 3. The van der Waals surface area contributed by atoms with Gasteiger partial charge in [-0.2, -0.15) is 8.42 Å². The zero-order valence-electron chi connectivity index (χ0n) is 22.3. The number of carbonyl (C=O) groups excluding carboxylic acids is 1. The molecule has 5 rings (SSSR count). The third-order valence-corrected chi connectivity index (χ3v) is 8.48. The van der Waals surface area contributed by atoms with Gasteiger partial charge in [-0.15, -0.1) is 0 Å². The van der Waals surface area contributed by atoms with Crippen LogP contribution in [0.1, 0.15) is 46.5 Å². The molecule has 1 fully saturated rings. The largest absolute Gasteiger partial charge is 0.507 e. The van der Waals surface area contributed by atoms with E-state index in [1.54, 1.807) is 12.1 Å². The third kappa shape index (κ3) is 6.20. The van der Waals surface area contributed by atoms with Crippen LogP contribution in [0, 0.1) is 17.6 Å². The molecule has 0 aliphatic carbocycles. The number of carbonyl (C=O) groups is 2. The van der Waals surface area contributed by atoms with Crippen LogP contribution in [0.25, 0.3) is 0 Å². The maximum atomic E-state index is 13.6. The summed E-state index contributed by atoms with van der Waals surface area (Å²) in [7, 11) is -4.46. The van der Waals surface area contributed by atoms with Crippen molar-refractivity contribution in [2.75, 3.05) is 4.90 Å². The smallest absolute Gasteiger partial charge is 0.339 e. The minimum Gasteiger partial charge on any atom is -0.507 e. The van der Waals surface area contributed by atoms with Gasteiger partial charge in [-0.05, 0) is 90.7 Å². The Morgan fingerprint density at radius 2 is 1.51 bits per heavy atom. The summed E-state index contributed by atoms with van der Waals surface area (Å²) in [6.45, 7) is 0. The number of nitrogens with zero attached hydrogens (tertiary/aromatic N) is 1. The van der Waals surface area contributed by atoms with Crippen molar-refractivity contribution < 1.29 is 46.3 Å². The van der Waals surface area contributed by atoms with Crippen molar-refractivity contribution in [2.45, 2.75) is 29.9 Å². The Kier molecular flexibility index (Phi) is 8.16. The molecule has 1 saturated heterocycles. The number of aliphatic hydroxyl groups excluding tert-OH is 1. The molecule has 0 saturated carbocycles. The molecule has 1 unspecified atom stereocenters. The number of aliphatic hydroxyl groups is 1. The molecule has 1 aliphatic rings. The second kappa shape index (κ2) is 11.8. The number of hydrogen-bond acceptors (Lipinski definition) is 7. The van der Waals surface area contributed by atoms with Crippen molar-refractivity contribution in [3.8, 4) is 11.5 Å². The number of phenols is 1. The van der Waals surface area contributed by atoms with Crippen LogP contribution in [-0.4, -0.2) is 35.6 Å². The Labute approximate surface area is 245 Å². The van der Waals surface area contributed by atoms with Crippen molar-refractivity contribution in [1.82, 2.24) is 0 Å². The molecule has 0 aromatic heterocycles. The molecular weight excluding hydrogens is 584 g/mol. The summed E-state index contributed by atoms with van der Waals surface area (Å²) in [6, 6.07) is 18.9. The normalized spacial score (nSPS) is 17.3. The zero-order valence-corrected chi connectivity index (χ0v) is 23.1. The number of β-lactam (4-membered cyclic amide) rings is 1. The maximum absolute atomic E-state index is 13.6. The molecule has 3 atom stereocenters. The number of amides is 1. The van der Waals surface area contributed by atoms with Crippen LogP contribution in [0.3, 0.4) is 0 Å². The van der Waals surface area contributed by atoms with Crippen LogP contribution in [0.15, 0.2) is 95.9 Å². The van der Waals surface area contributed by atoms with Crippen molar-refractivity contribution in [3.63, 3.8) is 0 Å². The quantitative estimate of drug-likeness (QED) is 0.161. The van der Waals surface area contributed by atoms with Gasteiger partial charge in [0.1, 0.15) is 33.6 Å². The van der Waals surface area contributed by atoms with Crippen LogP contribution in [0.4, 0.5) is 14.5 Å². The predicted octanol–water partition coefficient (Wildman–Crippen LogP) is 5.35. The van der Waals surface area contributed by atoms with E-state index in [-0.39, 0.29) is 24.5 Å². The Balaban J connectivity index is 1.37. The SMILES string of the molecule is O=C(O)c1cc(S(=O)(=O)Oc2ccc([C@@H]3C(CC[C@H](O)c4ccc(F)cc4)C(=O)N3c3ccc(F)cc3)cc2)ccc1O. The molecule has 0 bridgehead atoms. The van der Waals surface area contributed by atoms with E-state index in [2.05, 4.69) is 0 Å². The lowest BCUT2D eigenvalue weighted by atomic mass is 9.78. The van der Waals surface area contributed by atoms with E-state index < -0.39 is 62.0 Å². The Morgan fingerprint density at radius 1 is 0.907 bits per heavy atom. The predicted molar refractivity (Wildman–Crippen MR) is 150 cm³/mol. The van der Waals surface area contributed by atoms with Gasteiger partial charge >= 0.3 is 16.1 Å². The van der Waals surface area contributed by atoms with Gasteiger partial charge in [0.2, 0.25) is 5.91 Å². The molecule has 4 aromatic rings. The van der Waals surface area contributed by atoms with Crippen molar-refractivity contribution in [3.05, 3.63) is 119 Å². The van der Waals surface area contributed by atoms with Crippen LogP contribution in [-0.2, 0) is 14.9 Å². The van der Waals surface area contributed by atoms with E-state index in [9.17, 15) is 42.1 Å². The molecule has 9 nitrogen and oxygen atoms in total. The average molecular weight is 610 g/mol. The third-order valence-electron chi connectivity index (χ3n) is 7.24. The molecule has 3 N–H and O–H groups in total. The van der Waals surface area contributed by atoms with E-state index in [4.69, 9.17) is 4.18 Å². The van der Waals surface area contributed by atoms with E-state index >= 15 is 0 Å². The standard InChI is InChI=1S/C31H25F2NO8S/c32-20-5-1-18(2-6-20)27(35)16-14-25-29(34(30(25)37)22-9-7-21(33)8-10-22)19-3-11-23(12-4-19)42-43(40,41)24-13-15-28(36)26(17-24)31(38)39/h1-13,15,17,25,27,29,35-36H,14,16H2,(H,38,39)/t25?,27-,29+/m0/s1. The first kappa shape index (κ1) is 29.7. The molecule has 4 aromatic carbocycles. The van der Waals surface area contributed by atoms with Crippen LogP contribution in [0.5, 0.6) is 11.5 Å². The Hall–Kier alpha value is -4.81. The number of benzene rings is 4. The van der Waals surface area contributed by atoms with E-state index in [0.29, 0.717) is 16.8 Å². The Bertz CT molecular complexity index is 1760. The minimum atomic E-state index is -4.46. The Morgan fingerprint density at radius 3 is 2.12 bits per heavy atom. The van der Waals surface area contributed by atoms with Crippen molar-refractivity contribution in [1.29, 1.82) is 0 Å². The number of aromatic carboxylic acids is 1. The summed E-state index contributed by atoms with van der Waals surface area (Å²) in [6.07, 6.45) is -0.448. The lowest BCUT2D eigenvalue weighted by molar-refractivity contribution is -0.131. The summed E-state index contributed by atoms with van der Waals surface area (Å²) >= 11 is 0. The first-order valence-electron chi connectivity index (χ1n) is 13.1. The summed E-state index contributed by atoms with van der Waals surface area (Å²) in [5.41, 5.74) is 0.974. The highest BCUT2D eigenvalue weighted by atomic mass is 32.2. The molecule has 222 valence electrons. The lowest BCUT2D eigenvalue weighted by Gasteiger charge is -2.48. The zero-order chi connectivity index (χ0) is 30.9. The molecule has 0 spiro atoms. The fourth-order valence-corrected chi connectivity index (χ4v) is 5.98. The highest BCUT2D eigenvalue weighted by molar-refractivity contribution is 7.87. The molecule has 12 heteroatoms. The van der Waals surface area contributed by atoms with Gasteiger partial charge in [-0.1, -0.05) is 24.3 Å². The summed E-state index contributed by atoms with van der Waals surface area (Å²) in [5.74, 6) is -3.92. The molecule has 1 amide bonds. The summed E-state index contributed by atoms with van der Waals surface area (Å²) in [5, 5.41) is 29.5. The van der Waals surface area contributed by atoms with Crippen LogP contribution >= 0.6 is 0 Å². The van der Waals surface area contributed by atoms with E-state index in [1.807, 2.05) is 0 Å². The van der Waals surface area contributed by atoms with E-state index in [1.165, 1.54) is 65.6 Å². The molecule has 0 radical (unpaired) electrons. The minimum absolute atomic E-state index is 0.0871. The fraction of sp³-hybridized carbons (Fsp3) is 0.161. The maximum Gasteiger partial charge on any atom is 0.339 e. The molecule has 43 heavy (non-hydrogen) atoms. The first-order valence-corrected chi connectivity index (χ1v) is 14.5. The summed E-state index contributed by atoms with van der Waals surface area (Å²) in [4.78, 5) is 25.6.